The Morgan fingerprint density at radius 1 is 1.50 bits per heavy atom. The van der Waals surface area contributed by atoms with Gasteiger partial charge in [-0.25, -0.2) is 0 Å². The Bertz CT molecular complexity index is 512. The van der Waals surface area contributed by atoms with Crippen LogP contribution in [0.15, 0.2) is 18.2 Å². The number of aryl methyl sites for hydroxylation is 1. The third-order valence-corrected chi connectivity index (χ3v) is 2.60. The Hall–Kier alpha value is -1.84. The van der Waals surface area contributed by atoms with Gasteiger partial charge in [0.05, 0.1) is 6.07 Å². The van der Waals surface area contributed by atoms with E-state index in [2.05, 4.69) is 16.2 Å². The lowest BCUT2D eigenvalue weighted by Crippen LogP contribution is -2.43. The smallest absolute Gasteiger partial charge is 0.252 e. The van der Waals surface area contributed by atoms with Gasteiger partial charge in [0.15, 0.2) is 5.11 Å². The van der Waals surface area contributed by atoms with Crippen molar-refractivity contribution in [2.75, 3.05) is 5.32 Å². The fourth-order valence-corrected chi connectivity index (χ4v) is 1.42. The number of anilines is 1. The Morgan fingerprint density at radius 3 is 2.83 bits per heavy atom. The first-order valence-corrected chi connectivity index (χ1v) is 5.80. The molecule has 1 rings (SSSR count). The van der Waals surface area contributed by atoms with E-state index in [1.54, 1.807) is 12.1 Å². The number of rotatable bonds is 2. The molecule has 18 heavy (non-hydrogen) atoms. The lowest BCUT2D eigenvalue weighted by atomic mass is 10.2. The lowest BCUT2D eigenvalue weighted by molar-refractivity contribution is -0.120. The summed E-state index contributed by atoms with van der Waals surface area (Å²) in [5, 5.41) is 12.0. The van der Waals surface area contributed by atoms with E-state index in [1.165, 1.54) is 0 Å². The van der Waals surface area contributed by atoms with Gasteiger partial charge in [-0.05, 0) is 36.8 Å². The standard InChI is InChI=1S/C11H11ClN4OS/c1-7-2-3-8(6-9(7)12)14-11(18)16-15-10(17)4-5-13/h2-3,6H,4H2,1H3,(H,15,17)(H2,14,16,18). The van der Waals surface area contributed by atoms with Crippen LogP contribution in [0.2, 0.25) is 5.02 Å². The molecular weight excluding hydrogens is 272 g/mol. The zero-order valence-electron chi connectivity index (χ0n) is 9.58. The largest absolute Gasteiger partial charge is 0.331 e. The van der Waals surface area contributed by atoms with E-state index in [0.29, 0.717) is 10.7 Å². The van der Waals surface area contributed by atoms with Crippen LogP contribution in [-0.2, 0) is 4.79 Å². The predicted molar refractivity (Wildman–Crippen MR) is 73.9 cm³/mol. The number of nitrogens with one attached hydrogen (secondary N) is 3. The number of carbonyl (C=O) groups is 1. The molecule has 0 spiro atoms. The van der Waals surface area contributed by atoms with E-state index in [1.807, 2.05) is 19.1 Å². The molecular formula is C11H11ClN4OS. The Morgan fingerprint density at radius 2 is 2.22 bits per heavy atom. The number of hydrazine groups is 1. The third-order valence-electron chi connectivity index (χ3n) is 1.98. The minimum Gasteiger partial charge on any atom is -0.331 e. The molecule has 5 nitrogen and oxygen atoms in total. The second-order valence-electron chi connectivity index (χ2n) is 3.43. The summed E-state index contributed by atoms with van der Waals surface area (Å²) in [7, 11) is 0. The van der Waals surface area contributed by atoms with Crippen LogP contribution < -0.4 is 16.2 Å². The Kier molecular flexibility index (Phi) is 5.36. The molecule has 1 aromatic carbocycles. The second kappa shape index (κ2) is 6.79. The Balaban J connectivity index is 2.47. The third kappa shape index (κ3) is 4.57. The first kappa shape index (κ1) is 14.2. The van der Waals surface area contributed by atoms with Crippen molar-refractivity contribution in [3.05, 3.63) is 28.8 Å². The zero-order valence-corrected chi connectivity index (χ0v) is 11.2. The molecule has 0 fully saturated rings. The fourth-order valence-electron chi connectivity index (χ4n) is 1.08. The molecule has 0 saturated carbocycles. The van der Waals surface area contributed by atoms with Crippen LogP contribution >= 0.6 is 23.8 Å². The van der Waals surface area contributed by atoms with Gasteiger partial charge in [-0.1, -0.05) is 17.7 Å². The van der Waals surface area contributed by atoms with Gasteiger partial charge in [-0.2, -0.15) is 5.26 Å². The van der Waals surface area contributed by atoms with Crippen molar-refractivity contribution in [3.63, 3.8) is 0 Å². The molecule has 0 atom stereocenters. The second-order valence-corrected chi connectivity index (χ2v) is 4.24. The number of carbonyl (C=O) groups excluding carboxylic acids is 1. The highest BCUT2D eigenvalue weighted by molar-refractivity contribution is 7.80. The van der Waals surface area contributed by atoms with Crippen LogP contribution in [0.1, 0.15) is 12.0 Å². The first-order valence-electron chi connectivity index (χ1n) is 5.02. The van der Waals surface area contributed by atoms with E-state index in [0.717, 1.165) is 5.56 Å². The summed E-state index contributed by atoms with van der Waals surface area (Å²) in [5.41, 5.74) is 6.43. The maximum atomic E-state index is 11.0. The van der Waals surface area contributed by atoms with Gasteiger partial charge in [0.1, 0.15) is 6.42 Å². The molecule has 94 valence electrons. The molecule has 1 aromatic rings. The highest BCUT2D eigenvalue weighted by Crippen LogP contribution is 2.19. The van der Waals surface area contributed by atoms with Crippen molar-refractivity contribution >= 4 is 40.5 Å². The quantitative estimate of drug-likeness (QED) is 0.570. The predicted octanol–water partition coefficient (Wildman–Crippen LogP) is 1.88. The van der Waals surface area contributed by atoms with Gasteiger partial charge in [0.25, 0.3) is 5.91 Å². The topological polar surface area (TPSA) is 76.9 Å². The minimum atomic E-state index is -0.455. The van der Waals surface area contributed by atoms with Gasteiger partial charge in [0.2, 0.25) is 0 Å². The van der Waals surface area contributed by atoms with Gasteiger partial charge < -0.3 is 5.32 Å². The van der Waals surface area contributed by atoms with Crippen molar-refractivity contribution in [2.24, 2.45) is 0 Å². The summed E-state index contributed by atoms with van der Waals surface area (Å²) < 4.78 is 0. The van der Waals surface area contributed by atoms with Crippen molar-refractivity contribution < 1.29 is 4.79 Å². The Labute approximate surface area is 115 Å². The summed E-state index contributed by atoms with van der Waals surface area (Å²) >= 11 is 10.9. The van der Waals surface area contributed by atoms with E-state index in [-0.39, 0.29) is 11.5 Å². The lowest BCUT2D eigenvalue weighted by Gasteiger charge is -2.11. The normalized spacial score (nSPS) is 9.17. The molecule has 0 aliphatic heterocycles. The number of hydrogen-bond acceptors (Lipinski definition) is 3. The maximum absolute atomic E-state index is 11.0. The molecule has 0 bridgehead atoms. The fraction of sp³-hybridized carbons (Fsp3) is 0.182. The summed E-state index contributed by atoms with van der Waals surface area (Å²) in [4.78, 5) is 11.0. The molecule has 1 amide bonds. The monoisotopic (exact) mass is 282 g/mol. The number of thiocarbonyl (C=S) groups is 1. The van der Waals surface area contributed by atoms with Crippen molar-refractivity contribution in [3.8, 4) is 6.07 Å². The van der Waals surface area contributed by atoms with Crippen molar-refractivity contribution in [1.29, 1.82) is 5.26 Å². The van der Waals surface area contributed by atoms with Crippen LogP contribution in [0.5, 0.6) is 0 Å². The number of benzene rings is 1. The highest BCUT2D eigenvalue weighted by atomic mass is 35.5. The van der Waals surface area contributed by atoms with Gasteiger partial charge in [-0.15, -0.1) is 0 Å². The van der Waals surface area contributed by atoms with E-state index in [4.69, 9.17) is 29.1 Å². The highest BCUT2D eigenvalue weighted by Gasteiger charge is 2.02. The zero-order chi connectivity index (χ0) is 13.5. The molecule has 0 heterocycles. The van der Waals surface area contributed by atoms with Gasteiger partial charge in [0, 0.05) is 10.7 Å². The van der Waals surface area contributed by atoms with Crippen LogP contribution in [0.3, 0.4) is 0 Å². The van der Waals surface area contributed by atoms with E-state index < -0.39 is 5.91 Å². The molecule has 0 aromatic heterocycles. The maximum Gasteiger partial charge on any atom is 0.252 e. The van der Waals surface area contributed by atoms with Gasteiger partial charge in [-0.3, -0.25) is 15.6 Å². The summed E-state index contributed by atoms with van der Waals surface area (Å²) in [6.45, 7) is 1.89. The van der Waals surface area contributed by atoms with Crippen LogP contribution in [0, 0.1) is 18.3 Å². The van der Waals surface area contributed by atoms with Crippen LogP contribution in [0.4, 0.5) is 5.69 Å². The number of nitriles is 1. The van der Waals surface area contributed by atoms with Crippen molar-refractivity contribution in [1.82, 2.24) is 10.9 Å². The summed E-state index contributed by atoms with van der Waals surface area (Å²) in [6, 6.07) is 7.11. The molecule has 0 unspecified atom stereocenters. The summed E-state index contributed by atoms with van der Waals surface area (Å²) in [5.74, 6) is -0.455. The first-order chi connectivity index (χ1) is 8.52. The molecule has 7 heteroatoms. The van der Waals surface area contributed by atoms with E-state index >= 15 is 0 Å². The number of hydrogen-bond donors (Lipinski definition) is 3. The average Bonchev–Trinajstić information content (AvgIpc) is 2.32. The summed E-state index contributed by atoms with van der Waals surface area (Å²) in [6.07, 6.45) is -0.230. The molecule has 0 radical (unpaired) electrons. The van der Waals surface area contributed by atoms with E-state index in [9.17, 15) is 4.79 Å². The number of halogens is 1. The molecule has 0 aliphatic carbocycles. The van der Waals surface area contributed by atoms with Crippen molar-refractivity contribution in [2.45, 2.75) is 13.3 Å². The van der Waals surface area contributed by atoms with Crippen LogP contribution in [-0.4, -0.2) is 11.0 Å². The average molecular weight is 283 g/mol. The molecule has 3 N–H and O–H groups in total. The SMILES string of the molecule is Cc1ccc(NC(=S)NNC(=O)CC#N)cc1Cl. The molecule has 0 aliphatic rings. The number of nitrogens with zero attached hydrogens (tertiary/aromatic N) is 1. The van der Waals surface area contributed by atoms with Gasteiger partial charge >= 0.3 is 0 Å². The molecule has 0 saturated heterocycles. The van der Waals surface area contributed by atoms with Crippen LogP contribution in [0.25, 0.3) is 0 Å². The number of amides is 1. The minimum absolute atomic E-state index is 0.209.